The molecule has 0 atom stereocenters. The molecule has 0 amide bonds. The first-order valence-corrected chi connectivity index (χ1v) is 7.70. The Labute approximate surface area is 117 Å². The van der Waals surface area contributed by atoms with Gasteiger partial charge in [0, 0.05) is 6.54 Å². The molecule has 5 heteroatoms. The second-order valence-electron chi connectivity index (χ2n) is 4.93. The Morgan fingerprint density at radius 3 is 3.05 bits per heavy atom. The van der Waals surface area contributed by atoms with Crippen molar-refractivity contribution in [2.45, 2.75) is 31.8 Å². The SMILES string of the molecule is Nc1c(NCCOC2CCCC2)ccc2scnc12. The molecule has 0 unspecified atom stereocenters. The van der Waals surface area contributed by atoms with Crippen LogP contribution in [0.25, 0.3) is 10.2 Å². The van der Waals surface area contributed by atoms with Gasteiger partial charge in [-0.05, 0) is 25.0 Å². The zero-order valence-corrected chi connectivity index (χ0v) is 11.7. The molecule has 0 aliphatic heterocycles. The number of ether oxygens (including phenoxy) is 1. The van der Waals surface area contributed by atoms with Crippen molar-refractivity contribution in [3.63, 3.8) is 0 Å². The fourth-order valence-electron chi connectivity index (χ4n) is 2.57. The van der Waals surface area contributed by atoms with E-state index in [1.807, 2.05) is 11.6 Å². The smallest absolute Gasteiger partial charge is 0.106 e. The van der Waals surface area contributed by atoms with Gasteiger partial charge in [-0.1, -0.05) is 12.8 Å². The molecule has 2 aromatic rings. The molecular formula is C14H19N3OS. The van der Waals surface area contributed by atoms with Gasteiger partial charge in [-0.25, -0.2) is 4.98 Å². The van der Waals surface area contributed by atoms with Crippen molar-refractivity contribution in [1.29, 1.82) is 0 Å². The first kappa shape index (κ1) is 12.7. The van der Waals surface area contributed by atoms with Gasteiger partial charge in [-0.15, -0.1) is 11.3 Å². The van der Waals surface area contributed by atoms with Crippen molar-refractivity contribution < 1.29 is 4.74 Å². The van der Waals surface area contributed by atoms with Crippen LogP contribution in [0.5, 0.6) is 0 Å². The summed E-state index contributed by atoms with van der Waals surface area (Å²) in [5, 5.41) is 3.33. The largest absolute Gasteiger partial charge is 0.395 e. The highest BCUT2D eigenvalue weighted by molar-refractivity contribution is 7.16. The number of aromatic nitrogens is 1. The maximum atomic E-state index is 6.11. The molecule has 0 saturated heterocycles. The minimum atomic E-state index is 0.472. The van der Waals surface area contributed by atoms with Crippen molar-refractivity contribution in [1.82, 2.24) is 4.98 Å². The first-order valence-electron chi connectivity index (χ1n) is 6.82. The van der Waals surface area contributed by atoms with Crippen molar-refractivity contribution >= 4 is 32.9 Å². The van der Waals surface area contributed by atoms with Crippen LogP contribution in [0.2, 0.25) is 0 Å². The molecule has 19 heavy (non-hydrogen) atoms. The predicted octanol–water partition coefficient (Wildman–Crippen LogP) is 3.25. The van der Waals surface area contributed by atoms with Crippen LogP contribution in [0.4, 0.5) is 11.4 Å². The Morgan fingerprint density at radius 2 is 2.21 bits per heavy atom. The van der Waals surface area contributed by atoms with E-state index in [2.05, 4.69) is 16.4 Å². The van der Waals surface area contributed by atoms with Crippen LogP contribution in [-0.4, -0.2) is 24.2 Å². The van der Waals surface area contributed by atoms with Crippen LogP contribution >= 0.6 is 11.3 Å². The van der Waals surface area contributed by atoms with Crippen LogP contribution in [0.15, 0.2) is 17.6 Å². The molecule has 1 saturated carbocycles. The van der Waals surface area contributed by atoms with E-state index in [9.17, 15) is 0 Å². The highest BCUT2D eigenvalue weighted by atomic mass is 32.1. The summed E-state index contributed by atoms with van der Waals surface area (Å²) in [5.74, 6) is 0. The third kappa shape index (κ3) is 2.82. The van der Waals surface area contributed by atoms with Gasteiger partial charge in [0.2, 0.25) is 0 Å². The summed E-state index contributed by atoms with van der Waals surface area (Å²) in [6.45, 7) is 1.52. The normalized spacial score (nSPS) is 16.2. The summed E-state index contributed by atoms with van der Waals surface area (Å²) < 4.78 is 6.95. The van der Waals surface area contributed by atoms with E-state index >= 15 is 0 Å². The summed E-state index contributed by atoms with van der Waals surface area (Å²) in [7, 11) is 0. The van der Waals surface area contributed by atoms with E-state index in [0.29, 0.717) is 6.10 Å². The van der Waals surface area contributed by atoms with Crippen LogP contribution in [-0.2, 0) is 4.74 Å². The second kappa shape index (κ2) is 5.75. The van der Waals surface area contributed by atoms with Gasteiger partial charge < -0.3 is 15.8 Å². The molecule has 102 valence electrons. The van der Waals surface area contributed by atoms with Crippen molar-refractivity contribution in [3.05, 3.63) is 17.6 Å². The lowest BCUT2D eigenvalue weighted by atomic mass is 10.2. The van der Waals surface area contributed by atoms with Crippen LogP contribution in [0, 0.1) is 0 Å². The maximum Gasteiger partial charge on any atom is 0.106 e. The quantitative estimate of drug-likeness (QED) is 0.650. The van der Waals surface area contributed by atoms with Crippen molar-refractivity contribution in [2.24, 2.45) is 0 Å². The molecule has 0 radical (unpaired) electrons. The Balaban J connectivity index is 1.54. The lowest BCUT2D eigenvalue weighted by molar-refractivity contribution is 0.0659. The highest BCUT2D eigenvalue weighted by Crippen LogP contribution is 2.29. The predicted molar refractivity (Wildman–Crippen MR) is 80.7 cm³/mol. The number of fused-ring (bicyclic) bond motifs is 1. The monoisotopic (exact) mass is 277 g/mol. The molecule has 3 rings (SSSR count). The third-order valence-electron chi connectivity index (χ3n) is 3.61. The number of thiazole rings is 1. The Morgan fingerprint density at radius 1 is 1.37 bits per heavy atom. The lowest BCUT2D eigenvalue weighted by Crippen LogP contribution is -2.15. The molecule has 4 nitrogen and oxygen atoms in total. The van der Waals surface area contributed by atoms with Gasteiger partial charge in [0.15, 0.2) is 0 Å². The summed E-state index contributed by atoms with van der Waals surface area (Å²) in [6.07, 6.45) is 5.52. The number of nitrogens with zero attached hydrogens (tertiary/aromatic N) is 1. The number of nitrogens with two attached hydrogens (primary N) is 1. The maximum absolute atomic E-state index is 6.11. The summed E-state index contributed by atoms with van der Waals surface area (Å²) in [4.78, 5) is 4.29. The molecule has 3 N–H and O–H groups in total. The van der Waals surface area contributed by atoms with Gasteiger partial charge in [0.1, 0.15) is 5.52 Å². The number of hydrogen-bond donors (Lipinski definition) is 2. The number of nitrogens with one attached hydrogen (secondary N) is 1. The topological polar surface area (TPSA) is 60.2 Å². The summed E-state index contributed by atoms with van der Waals surface area (Å²) >= 11 is 1.61. The molecule has 1 aromatic carbocycles. The fraction of sp³-hybridized carbons (Fsp3) is 0.500. The zero-order valence-electron chi connectivity index (χ0n) is 10.9. The van der Waals surface area contributed by atoms with Gasteiger partial charge >= 0.3 is 0 Å². The van der Waals surface area contributed by atoms with Crippen molar-refractivity contribution in [3.8, 4) is 0 Å². The lowest BCUT2D eigenvalue weighted by Gasteiger charge is -2.13. The van der Waals surface area contributed by atoms with Gasteiger partial charge in [-0.3, -0.25) is 0 Å². The van der Waals surface area contributed by atoms with E-state index in [4.69, 9.17) is 10.5 Å². The Kier molecular flexibility index (Phi) is 3.84. The standard InChI is InChI=1S/C14H19N3OS/c15-13-11(5-6-12-14(13)17-9-19-12)16-7-8-18-10-3-1-2-4-10/h5-6,9-10,16H,1-4,7-8,15H2. The average molecular weight is 277 g/mol. The number of nitrogen functional groups attached to an aromatic ring is 1. The molecule has 0 bridgehead atoms. The van der Waals surface area contributed by atoms with E-state index < -0.39 is 0 Å². The Hall–Kier alpha value is -1.33. The molecule has 1 fully saturated rings. The average Bonchev–Trinajstić information content (AvgIpc) is 3.08. The number of hydrogen-bond acceptors (Lipinski definition) is 5. The Bertz CT molecular complexity index is 549. The zero-order chi connectivity index (χ0) is 13.1. The van der Waals surface area contributed by atoms with E-state index in [1.165, 1.54) is 25.7 Å². The molecule has 1 aliphatic rings. The van der Waals surface area contributed by atoms with Gasteiger partial charge in [-0.2, -0.15) is 0 Å². The minimum Gasteiger partial charge on any atom is -0.395 e. The van der Waals surface area contributed by atoms with Crippen LogP contribution in [0.3, 0.4) is 0 Å². The van der Waals surface area contributed by atoms with Gasteiger partial charge in [0.05, 0.1) is 34.3 Å². The number of benzene rings is 1. The van der Waals surface area contributed by atoms with E-state index in [-0.39, 0.29) is 0 Å². The fourth-order valence-corrected chi connectivity index (χ4v) is 3.27. The minimum absolute atomic E-state index is 0.472. The van der Waals surface area contributed by atoms with E-state index in [0.717, 1.165) is 34.7 Å². The summed E-state index contributed by atoms with van der Waals surface area (Å²) in [5.41, 5.74) is 10.5. The molecule has 1 aromatic heterocycles. The molecular weight excluding hydrogens is 258 g/mol. The third-order valence-corrected chi connectivity index (χ3v) is 4.41. The van der Waals surface area contributed by atoms with E-state index in [1.54, 1.807) is 11.3 Å². The number of anilines is 2. The summed E-state index contributed by atoms with van der Waals surface area (Å²) in [6, 6.07) is 4.08. The van der Waals surface area contributed by atoms with Crippen LogP contribution in [0.1, 0.15) is 25.7 Å². The van der Waals surface area contributed by atoms with Crippen molar-refractivity contribution in [2.75, 3.05) is 24.2 Å². The molecule has 1 heterocycles. The number of rotatable bonds is 5. The molecule has 1 aliphatic carbocycles. The highest BCUT2D eigenvalue weighted by Gasteiger charge is 2.14. The van der Waals surface area contributed by atoms with Crippen LogP contribution < -0.4 is 11.1 Å². The van der Waals surface area contributed by atoms with Gasteiger partial charge in [0.25, 0.3) is 0 Å². The second-order valence-corrected chi connectivity index (χ2v) is 5.82. The first-order chi connectivity index (χ1) is 9.34. The molecule has 0 spiro atoms.